The normalized spacial score (nSPS) is 10.8. The van der Waals surface area contributed by atoms with Gasteiger partial charge >= 0.3 is 5.97 Å². The van der Waals surface area contributed by atoms with Crippen LogP contribution in [0.2, 0.25) is 0 Å². The number of azo groups is 1. The summed E-state index contributed by atoms with van der Waals surface area (Å²) < 4.78 is 1.46. The molecule has 3 aromatic rings. The topological polar surface area (TPSA) is 107 Å². The summed E-state index contributed by atoms with van der Waals surface area (Å²) in [6.07, 6.45) is 1.41. The highest BCUT2D eigenvalue weighted by atomic mass is 16.4. The average Bonchev–Trinajstić information content (AvgIpc) is 3.17. The molecule has 0 aliphatic rings. The molecule has 0 radical (unpaired) electrons. The highest BCUT2D eigenvalue weighted by molar-refractivity contribution is 5.87. The zero-order valence-electron chi connectivity index (χ0n) is 16.1. The van der Waals surface area contributed by atoms with E-state index in [-0.39, 0.29) is 16.9 Å². The van der Waals surface area contributed by atoms with E-state index in [0.29, 0.717) is 11.4 Å². The van der Waals surface area contributed by atoms with Crippen molar-refractivity contribution in [3.05, 3.63) is 65.9 Å². The first-order valence-corrected chi connectivity index (χ1v) is 9.16. The largest absolute Gasteiger partial charge is 0.478 e. The molecule has 29 heavy (non-hydrogen) atoms. The molecule has 1 N–H and O–H groups in total. The smallest absolute Gasteiger partial charge is 0.335 e. The van der Waals surface area contributed by atoms with Crippen LogP contribution in [-0.4, -0.2) is 33.9 Å². The average molecular weight is 388 g/mol. The summed E-state index contributed by atoms with van der Waals surface area (Å²) in [5.41, 5.74) is 2.78. The van der Waals surface area contributed by atoms with E-state index in [1.165, 1.54) is 23.0 Å². The fraction of sp³-hybridized carbons (Fsp3) is 0.190. The van der Waals surface area contributed by atoms with E-state index in [9.17, 15) is 10.1 Å². The molecule has 0 amide bonds. The maximum Gasteiger partial charge on any atom is 0.335 e. The minimum absolute atomic E-state index is 0.165. The van der Waals surface area contributed by atoms with E-state index >= 15 is 0 Å². The molecular weight excluding hydrogens is 368 g/mol. The minimum atomic E-state index is -1.01. The summed E-state index contributed by atoms with van der Waals surface area (Å²) in [6.45, 7) is 6.04. The number of aromatic nitrogens is 2. The molecule has 0 saturated heterocycles. The van der Waals surface area contributed by atoms with E-state index in [1.54, 1.807) is 12.1 Å². The molecule has 0 saturated carbocycles. The number of nitriles is 1. The van der Waals surface area contributed by atoms with Crippen molar-refractivity contribution in [3.63, 3.8) is 0 Å². The maximum atomic E-state index is 11.0. The number of aromatic carboxylic acids is 1. The molecule has 0 fully saturated rings. The van der Waals surface area contributed by atoms with Crippen LogP contribution in [0.15, 0.2) is 65.0 Å². The van der Waals surface area contributed by atoms with Crippen molar-refractivity contribution < 1.29 is 9.90 Å². The lowest BCUT2D eigenvalue weighted by atomic mass is 10.2. The molecule has 0 aliphatic heterocycles. The third-order valence-corrected chi connectivity index (χ3v) is 4.46. The van der Waals surface area contributed by atoms with E-state index in [2.05, 4.69) is 40.1 Å². The van der Waals surface area contributed by atoms with Gasteiger partial charge in [0.2, 0.25) is 0 Å². The van der Waals surface area contributed by atoms with Crippen LogP contribution in [0.1, 0.15) is 29.8 Å². The second-order valence-corrected chi connectivity index (χ2v) is 6.15. The van der Waals surface area contributed by atoms with Crippen LogP contribution in [0.3, 0.4) is 0 Å². The lowest BCUT2D eigenvalue weighted by Gasteiger charge is -2.20. The summed E-state index contributed by atoms with van der Waals surface area (Å²) in [4.78, 5) is 13.3. The molecule has 0 atom stereocenters. The van der Waals surface area contributed by atoms with Gasteiger partial charge in [-0.2, -0.15) is 10.4 Å². The third-order valence-electron chi connectivity index (χ3n) is 4.46. The number of carbonyl (C=O) groups is 1. The van der Waals surface area contributed by atoms with Gasteiger partial charge in [0.15, 0.2) is 5.82 Å². The van der Waals surface area contributed by atoms with E-state index < -0.39 is 5.97 Å². The van der Waals surface area contributed by atoms with Crippen molar-refractivity contribution in [2.24, 2.45) is 10.2 Å². The lowest BCUT2D eigenvalue weighted by Crippen LogP contribution is -2.21. The SMILES string of the molecule is CCN(CC)c1ccc(N=Nc2c(C#N)cnn2-c2ccc(C(=O)O)cc2)cc1. The van der Waals surface area contributed by atoms with Gasteiger partial charge in [-0.05, 0) is 62.4 Å². The second kappa shape index (κ2) is 8.80. The first-order valence-electron chi connectivity index (χ1n) is 9.16. The summed E-state index contributed by atoms with van der Waals surface area (Å²) in [7, 11) is 0. The van der Waals surface area contributed by atoms with Crippen molar-refractivity contribution >= 4 is 23.2 Å². The number of benzene rings is 2. The minimum Gasteiger partial charge on any atom is -0.478 e. The second-order valence-electron chi connectivity index (χ2n) is 6.15. The zero-order valence-corrected chi connectivity index (χ0v) is 16.1. The van der Waals surface area contributed by atoms with Gasteiger partial charge in [0.25, 0.3) is 0 Å². The molecule has 0 spiro atoms. The van der Waals surface area contributed by atoms with Gasteiger partial charge in [0.05, 0.1) is 23.1 Å². The molecule has 0 unspecified atom stereocenters. The monoisotopic (exact) mass is 388 g/mol. The maximum absolute atomic E-state index is 11.0. The number of anilines is 1. The Morgan fingerprint density at radius 1 is 1.10 bits per heavy atom. The van der Waals surface area contributed by atoms with Gasteiger partial charge in [0.1, 0.15) is 11.6 Å². The Hall–Kier alpha value is -3.99. The van der Waals surface area contributed by atoms with Gasteiger partial charge in [-0.15, -0.1) is 10.2 Å². The van der Waals surface area contributed by atoms with Crippen LogP contribution in [0.25, 0.3) is 5.69 Å². The molecular formula is C21H20N6O2. The number of hydrogen-bond donors (Lipinski definition) is 1. The Bertz CT molecular complexity index is 1060. The highest BCUT2D eigenvalue weighted by Gasteiger charge is 2.13. The van der Waals surface area contributed by atoms with Gasteiger partial charge in [0, 0.05) is 18.8 Å². The summed E-state index contributed by atoms with van der Waals surface area (Å²) in [5.74, 6) is -0.730. The van der Waals surface area contributed by atoms with Crippen LogP contribution in [0, 0.1) is 11.3 Å². The number of carboxylic acids is 1. The first-order chi connectivity index (χ1) is 14.1. The molecule has 2 aromatic carbocycles. The molecule has 0 bridgehead atoms. The van der Waals surface area contributed by atoms with Crippen LogP contribution in [-0.2, 0) is 0 Å². The fourth-order valence-corrected chi connectivity index (χ4v) is 2.88. The molecule has 3 rings (SSSR count). The quantitative estimate of drug-likeness (QED) is 0.590. The summed E-state index contributed by atoms with van der Waals surface area (Å²) >= 11 is 0. The molecule has 1 aromatic heterocycles. The van der Waals surface area contributed by atoms with Crippen molar-refractivity contribution in [2.75, 3.05) is 18.0 Å². The Morgan fingerprint density at radius 3 is 2.31 bits per heavy atom. The van der Waals surface area contributed by atoms with Crippen molar-refractivity contribution in [1.29, 1.82) is 5.26 Å². The molecule has 8 nitrogen and oxygen atoms in total. The molecule has 146 valence electrons. The number of carboxylic acid groups (broad SMARTS) is 1. The zero-order chi connectivity index (χ0) is 20.8. The highest BCUT2D eigenvalue weighted by Crippen LogP contribution is 2.26. The lowest BCUT2D eigenvalue weighted by molar-refractivity contribution is 0.0697. The molecule has 8 heteroatoms. The van der Waals surface area contributed by atoms with E-state index in [0.717, 1.165) is 18.8 Å². The van der Waals surface area contributed by atoms with Crippen LogP contribution < -0.4 is 4.90 Å². The predicted octanol–water partition coefficient (Wildman–Crippen LogP) is 4.70. The van der Waals surface area contributed by atoms with Crippen molar-refractivity contribution in [1.82, 2.24) is 9.78 Å². The Kier molecular flexibility index (Phi) is 6.00. The van der Waals surface area contributed by atoms with Gasteiger partial charge in [-0.3, -0.25) is 0 Å². The first kappa shape index (κ1) is 19.8. The van der Waals surface area contributed by atoms with Gasteiger partial charge in [-0.1, -0.05) is 0 Å². The molecule has 0 aliphatic carbocycles. The third kappa shape index (κ3) is 4.30. The number of nitrogens with zero attached hydrogens (tertiary/aromatic N) is 6. The van der Waals surface area contributed by atoms with Gasteiger partial charge < -0.3 is 10.0 Å². The number of rotatable bonds is 7. The van der Waals surface area contributed by atoms with Crippen molar-refractivity contribution in [2.45, 2.75) is 13.8 Å². The van der Waals surface area contributed by atoms with E-state index in [1.807, 2.05) is 24.3 Å². The molecule has 1 heterocycles. The Balaban J connectivity index is 1.90. The van der Waals surface area contributed by atoms with Crippen LogP contribution in [0.5, 0.6) is 0 Å². The fourth-order valence-electron chi connectivity index (χ4n) is 2.88. The number of hydrogen-bond acceptors (Lipinski definition) is 6. The summed E-state index contributed by atoms with van der Waals surface area (Å²) in [5, 5.41) is 31.1. The predicted molar refractivity (Wildman–Crippen MR) is 109 cm³/mol. The summed E-state index contributed by atoms with van der Waals surface area (Å²) in [6, 6.07) is 15.9. The van der Waals surface area contributed by atoms with Crippen LogP contribution >= 0.6 is 0 Å². The standard InChI is InChI=1S/C21H20N6O2/c1-3-26(4-2)18-11-7-17(8-12-18)24-25-20-16(13-22)14-23-27(20)19-9-5-15(6-10-19)21(28)29/h5-12,14H,3-4H2,1-2H3,(H,28,29). The van der Waals surface area contributed by atoms with Crippen LogP contribution in [0.4, 0.5) is 17.2 Å². The van der Waals surface area contributed by atoms with Gasteiger partial charge in [-0.25, -0.2) is 9.48 Å². The Labute approximate surface area is 168 Å². The van der Waals surface area contributed by atoms with E-state index in [4.69, 9.17) is 5.11 Å². The Morgan fingerprint density at radius 2 is 1.76 bits per heavy atom. The van der Waals surface area contributed by atoms with Crippen molar-refractivity contribution in [3.8, 4) is 11.8 Å².